The predicted molar refractivity (Wildman–Crippen MR) is 110 cm³/mol. The van der Waals surface area contributed by atoms with Crippen LogP contribution in [0.3, 0.4) is 0 Å². The second kappa shape index (κ2) is 5.95. The lowest BCUT2D eigenvalue weighted by Crippen LogP contribution is -2.35. The van der Waals surface area contributed by atoms with E-state index in [4.69, 9.17) is 0 Å². The molecular weight excluding hydrogens is 402 g/mol. The molecule has 1 aliphatic carbocycles. The van der Waals surface area contributed by atoms with E-state index in [9.17, 15) is 18.0 Å². The quantitative estimate of drug-likeness (QED) is 0.689. The van der Waals surface area contributed by atoms with E-state index in [0.717, 1.165) is 26.5 Å². The molecule has 6 rings (SSSR count). The lowest BCUT2D eigenvalue weighted by molar-refractivity contribution is 0.0734. The van der Waals surface area contributed by atoms with E-state index in [1.807, 2.05) is 24.3 Å². The maximum absolute atomic E-state index is 13.2. The van der Waals surface area contributed by atoms with Gasteiger partial charge < -0.3 is 9.88 Å². The van der Waals surface area contributed by atoms with Crippen molar-refractivity contribution in [2.75, 3.05) is 6.54 Å². The largest absolute Gasteiger partial charge is 0.358 e. The Balaban J connectivity index is 1.34. The number of sulfonamides is 1. The molecule has 0 atom stereocenters. The van der Waals surface area contributed by atoms with Gasteiger partial charge in [-0.05, 0) is 37.1 Å². The molecule has 0 spiro atoms. The third-order valence-corrected chi connectivity index (χ3v) is 8.12. The molecule has 1 aromatic heterocycles. The number of aromatic nitrogens is 1. The molecule has 3 heterocycles. The van der Waals surface area contributed by atoms with Gasteiger partial charge in [-0.1, -0.05) is 18.2 Å². The van der Waals surface area contributed by atoms with Gasteiger partial charge in [-0.15, -0.1) is 0 Å². The SMILES string of the molecule is O=C(c1ccc2c(c1)S(=O)(=O)N(C1CC1)C2=O)N1CCc2[nH]c3ccccc3c2C1. The van der Waals surface area contributed by atoms with E-state index in [0.29, 0.717) is 37.9 Å². The van der Waals surface area contributed by atoms with E-state index in [2.05, 4.69) is 4.98 Å². The van der Waals surface area contributed by atoms with Crippen LogP contribution in [0, 0.1) is 0 Å². The molecule has 7 nitrogen and oxygen atoms in total. The number of nitrogens with zero attached hydrogens (tertiary/aromatic N) is 2. The highest BCUT2D eigenvalue weighted by molar-refractivity contribution is 7.90. The van der Waals surface area contributed by atoms with Gasteiger partial charge in [-0.3, -0.25) is 9.59 Å². The van der Waals surface area contributed by atoms with Crippen LogP contribution in [-0.2, 0) is 23.0 Å². The lowest BCUT2D eigenvalue weighted by Gasteiger charge is -2.27. The van der Waals surface area contributed by atoms with Crippen LogP contribution in [0.4, 0.5) is 0 Å². The molecule has 0 saturated heterocycles. The van der Waals surface area contributed by atoms with Crippen molar-refractivity contribution in [3.8, 4) is 0 Å². The Morgan fingerprint density at radius 1 is 1.10 bits per heavy atom. The molecule has 3 aromatic rings. The third-order valence-electron chi connectivity index (χ3n) is 6.24. The van der Waals surface area contributed by atoms with Crippen LogP contribution < -0.4 is 0 Å². The standard InChI is InChI=1S/C22H19N3O4S/c26-21(24-10-9-19-17(12-24)15-3-1-2-4-18(15)23-19)13-5-8-16-20(11-13)30(28,29)25(22(16)27)14-6-7-14/h1-5,8,11,14,23H,6-7,9-10,12H2. The van der Waals surface area contributed by atoms with Gasteiger partial charge in [-0.25, -0.2) is 12.7 Å². The second-order valence-electron chi connectivity index (χ2n) is 8.15. The summed E-state index contributed by atoms with van der Waals surface area (Å²) >= 11 is 0. The van der Waals surface area contributed by atoms with Gasteiger partial charge in [0.2, 0.25) is 0 Å². The van der Waals surface area contributed by atoms with Crippen molar-refractivity contribution in [2.24, 2.45) is 0 Å². The Bertz CT molecular complexity index is 1350. The summed E-state index contributed by atoms with van der Waals surface area (Å²) in [5, 5.41) is 1.10. The highest BCUT2D eigenvalue weighted by Gasteiger charge is 2.49. The first kappa shape index (κ1) is 17.7. The Morgan fingerprint density at radius 2 is 1.90 bits per heavy atom. The number of benzene rings is 2. The van der Waals surface area contributed by atoms with Crippen LogP contribution in [-0.4, -0.2) is 47.0 Å². The minimum atomic E-state index is -3.88. The molecular formula is C22H19N3O4S. The summed E-state index contributed by atoms with van der Waals surface area (Å²) in [7, 11) is -3.88. The van der Waals surface area contributed by atoms with Crippen LogP contribution in [0.1, 0.15) is 44.8 Å². The molecule has 0 bridgehead atoms. The fourth-order valence-electron chi connectivity index (χ4n) is 4.57. The number of aromatic amines is 1. The molecule has 2 aliphatic heterocycles. The van der Waals surface area contributed by atoms with E-state index in [-0.39, 0.29) is 22.4 Å². The summed E-state index contributed by atoms with van der Waals surface area (Å²) in [5.41, 5.74) is 3.76. The first-order valence-corrected chi connectivity index (χ1v) is 11.5. The molecule has 2 aromatic carbocycles. The summed E-state index contributed by atoms with van der Waals surface area (Å²) in [4.78, 5) is 30.9. The average molecular weight is 421 g/mol. The monoisotopic (exact) mass is 421 g/mol. The maximum atomic E-state index is 13.2. The van der Waals surface area contributed by atoms with Crippen molar-refractivity contribution in [3.63, 3.8) is 0 Å². The minimum absolute atomic E-state index is 0.0463. The molecule has 1 fully saturated rings. The van der Waals surface area contributed by atoms with Crippen LogP contribution >= 0.6 is 0 Å². The van der Waals surface area contributed by atoms with Gasteiger partial charge in [0.25, 0.3) is 21.8 Å². The average Bonchev–Trinajstić information content (AvgIpc) is 3.47. The molecule has 0 radical (unpaired) electrons. The fourth-order valence-corrected chi connectivity index (χ4v) is 6.41. The number of rotatable bonds is 2. The number of para-hydroxylation sites is 1. The van der Waals surface area contributed by atoms with E-state index >= 15 is 0 Å². The summed E-state index contributed by atoms with van der Waals surface area (Å²) < 4.78 is 26.7. The second-order valence-corrected chi connectivity index (χ2v) is 9.94. The molecule has 30 heavy (non-hydrogen) atoms. The molecule has 1 saturated carbocycles. The predicted octanol–water partition coefficient (Wildman–Crippen LogP) is 2.67. The van der Waals surface area contributed by atoms with Crippen molar-refractivity contribution >= 4 is 32.7 Å². The highest BCUT2D eigenvalue weighted by Crippen LogP contribution is 2.40. The molecule has 3 aliphatic rings. The molecule has 2 amide bonds. The topological polar surface area (TPSA) is 90.6 Å². The summed E-state index contributed by atoms with van der Waals surface area (Å²) in [5.74, 6) is -0.700. The molecule has 152 valence electrons. The fraction of sp³-hybridized carbons (Fsp3) is 0.273. The minimum Gasteiger partial charge on any atom is -0.358 e. The van der Waals surface area contributed by atoms with Crippen LogP contribution in [0.15, 0.2) is 47.4 Å². The van der Waals surface area contributed by atoms with Gasteiger partial charge in [0, 0.05) is 53.3 Å². The number of amides is 2. The van der Waals surface area contributed by atoms with Crippen molar-refractivity contribution in [1.29, 1.82) is 0 Å². The van der Waals surface area contributed by atoms with Crippen LogP contribution in [0.5, 0.6) is 0 Å². The maximum Gasteiger partial charge on any atom is 0.269 e. The van der Waals surface area contributed by atoms with Gasteiger partial charge in [0.15, 0.2) is 0 Å². The van der Waals surface area contributed by atoms with Crippen LogP contribution in [0.25, 0.3) is 10.9 Å². The van der Waals surface area contributed by atoms with E-state index in [1.54, 1.807) is 11.0 Å². The van der Waals surface area contributed by atoms with E-state index in [1.165, 1.54) is 12.1 Å². The summed E-state index contributed by atoms with van der Waals surface area (Å²) in [6.07, 6.45) is 2.11. The lowest BCUT2D eigenvalue weighted by atomic mass is 10.0. The highest BCUT2D eigenvalue weighted by atomic mass is 32.2. The number of hydrogen-bond acceptors (Lipinski definition) is 4. The van der Waals surface area contributed by atoms with Gasteiger partial charge in [0.1, 0.15) is 4.90 Å². The first-order chi connectivity index (χ1) is 14.4. The van der Waals surface area contributed by atoms with Gasteiger partial charge in [-0.2, -0.15) is 0 Å². The summed E-state index contributed by atoms with van der Waals surface area (Å²) in [6, 6.07) is 12.2. The molecule has 1 N–H and O–H groups in total. The van der Waals surface area contributed by atoms with E-state index < -0.39 is 15.9 Å². The normalized spacial score (nSPS) is 19.8. The zero-order chi connectivity index (χ0) is 20.6. The number of nitrogens with one attached hydrogen (secondary N) is 1. The Morgan fingerprint density at radius 3 is 2.70 bits per heavy atom. The van der Waals surface area contributed by atoms with Gasteiger partial charge in [0.05, 0.1) is 5.56 Å². The van der Waals surface area contributed by atoms with Crippen molar-refractivity contribution in [3.05, 3.63) is 64.8 Å². The first-order valence-electron chi connectivity index (χ1n) is 10.1. The van der Waals surface area contributed by atoms with Gasteiger partial charge >= 0.3 is 0 Å². The molecule has 0 unspecified atom stereocenters. The summed E-state index contributed by atoms with van der Waals surface area (Å²) in [6.45, 7) is 1.02. The zero-order valence-corrected chi connectivity index (χ0v) is 16.9. The Labute approximate surface area is 173 Å². The number of H-pyrrole nitrogens is 1. The smallest absolute Gasteiger partial charge is 0.269 e. The van der Waals surface area contributed by atoms with Crippen molar-refractivity contribution < 1.29 is 18.0 Å². The van der Waals surface area contributed by atoms with Crippen LogP contribution in [0.2, 0.25) is 0 Å². The van der Waals surface area contributed by atoms with Crippen molar-refractivity contribution in [2.45, 2.75) is 36.7 Å². The number of fused-ring (bicyclic) bond motifs is 4. The molecule has 8 heteroatoms. The number of hydrogen-bond donors (Lipinski definition) is 1. The Kier molecular flexibility index (Phi) is 3.51. The number of carbonyl (C=O) groups is 2. The number of carbonyl (C=O) groups excluding carboxylic acids is 2. The third kappa shape index (κ3) is 2.40. The zero-order valence-electron chi connectivity index (χ0n) is 16.1. The van der Waals surface area contributed by atoms with Crippen molar-refractivity contribution in [1.82, 2.24) is 14.2 Å². The Hall–Kier alpha value is -3.13.